The van der Waals surface area contributed by atoms with E-state index in [0.29, 0.717) is 0 Å². The second-order valence-corrected chi connectivity index (χ2v) is 7.32. The third-order valence-corrected chi connectivity index (χ3v) is 4.96. The van der Waals surface area contributed by atoms with Gasteiger partial charge in [-0.25, -0.2) is 0 Å². The first-order valence-electron chi connectivity index (χ1n) is 10.1. The summed E-state index contributed by atoms with van der Waals surface area (Å²) in [5, 5.41) is 6.79. The first kappa shape index (κ1) is 21.2. The maximum absolute atomic E-state index is 12.3. The average molecular weight is 374 g/mol. The summed E-state index contributed by atoms with van der Waals surface area (Å²) >= 11 is 0. The molecule has 0 bridgehead atoms. The molecule has 1 aromatic rings. The molecule has 1 amide bonds. The molecule has 1 heterocycles. The van der Waals surface area contributed by atoms with Gasteiger partial charge < -0.3 is 15.5 Å². The van der Waals surface area contributed by atoms with Gasteiger partial charge in [-0.15, -0.1) is 0 Å². The summed E-state index contributed by atoms with van der Waals surface area (Å²) in [6, 6.07) is 10.6. The van der Waals surface area contributed by atoms with Gasteiger partial charge >= 0.3 is 0 Å². The van der Waals surface area contributed by atoms with Crippen LogP contribution in [0.1, 0.15) is 44.7 Å². The molecule has 2 unspecified atom stereocenters. The Morgan fingerprint density at radius 2 is 2.07 bits per heavy atom. The van der Waals surface area contributed by atoms with E-state index in [1.54, 1.807) is 4.90 Å². The highest BCUT2D eigenvalue weighted by Crippen LogP contribution is 2.18. The first-order valence-corrected chi connectivity index (χ1v) is 10.1. The Labute approximate surface area is 164 Å². The van der Waals surface area contributed by atoms with Gasteiger partial charge in [0.05, 0.1) is 12.1 Å². The van der Waals surface area contributed by atoms with Crippen LogP contribution < -0.4 is 10.6 Å². The van der Waals surface area contributed by atoms with E-state index in [0.717, 1.165) is 51.4 Å². The quantitative estimate of drug-likeness (QED) is 0.417. The molecule has 0 aromatic heterocycles. The average Bonchev–Trinajstić information content (AvgIpc) is 3.13. The molecule has 0 saturated carbocycles. The van der Waals surface area contributed by atoms with Gasteiger partial charge in [-0.1, -0.05) is 30.3 Å². The maximum Gasteiger partial charge on any atom is 0.239 e. The molecule has 1 aliphatic rings. The third kappa shape index (κ3) is 6.54. The predicted octanol–water partition coefficient (Wildman–Crippen LogP) is 2.25. The molecule has 1 aromatic carbocycles. The maximum atomic E-state index is 12.3. The van der Waals surface area contributed by atoms with Crippen molar-refractivity contribution >= 4 is 11.9 Å². The van der Waals surface area contributed by atoms with E-state index in [9.17, 15) is 4.79 Å². The van der Waals surface area contributed by atoms with Crippen LogP contribution in [0.2, 0.25) is 0 Å². The minimum Gasteiger partial charge on any atom is -0.357 e. The van der Waals surface area contributed by atoms with Gasteiger partial charge in [0.2, 0.25) is 5.91 Å². The molecule has 2 rings (SSSR count). The summed E-state index contributed by atoms with van der Waals surface area (Å²) in [5.74, 6) is 1.07. The zero-order chi connectivity index (χ0) is 19.6. The lowest BCUT2D eigenvalue weighted by Gasteiger charge is -2.25. The predicted molar refractivity (Wildman–Crippen MR) is 112 cm³/mol. The van der Waals surface area contributed by atoms with E-state index in [2.05, 4.69) is 53.6 Å². The number of likely N-dealkylation sites (tertiary alicyclic amines) is 1. The molecule has 0 spiro atoms. The molecule has 1 aliphatic heterocycles. The van der Waals surface area contributed by atoms with E-state index in [-0.39, 0.29) is 18.0 Å². The second-order valence-electron chi connectivity index (χ2n) is 7.32. The largest absolute Gasteiger partial charge is 0.357 e. The molecule has 27 heavy (non-hydrogen) atoms. The molecule has 1 fully saturated rings. The van der Waals surface area contributed by atoms with Crippen molar-refractivity contribution in [3.8, 4) is 0 Å². The van der Waals surface area contributed by atoms with Gasteiger partial charge in [-0.3, -0.25) is 14.7 Å². The van der Waals surface area contributed by atoms with Crippen molar-refractivity contribution in [2.45, 2.75) is 45.2 Å². The molecular weight excluding hydrogens is 338 g/mol. The molecular formula is C21H35N5O. The van der Waals surface area contributed by atoms with Crippen molar-refractivity contribution < 1.29 is 4.79 Å². The van der Waals surface area contributed by atoms with Crippen molar-refractivity contribution in [2.75, 3.05) is 40.3 Å². The van der Waals surface area contributed by atoms with E-state index in [4.69, 9.17) is 4.99 Å². The van der Waals surface area contributed by atoms with Crippen molar-refractivity contribution in [3.05, 3.63) is 35.9 Å². The summed E-state index contributed by atoms with van der Waals surface area (Å²) in [5.41, 5.74) is 1.24. The third-order valence-electron chi connectivity index (χ3n) is 4.96. The summed E-state index contributed by atoms with van der Waals surface area (Å²) < 4.78 is 0. The molecule has 6 heteroatoms. The van der Waals surface area contributed by atoms with Crippen LogP contribution in [0, 0.1) is 0 Å². The fourth-order valence-electron chi connectivity index (χ4n) is 3.49. The summed E-state index contributed by atoms with van der Waals surface area (Å²) in [6.07, 6.45) is 3.03. The van der Waals surface area contributed by atoms with Crippen molar-refractivity contribution in [1.29, 1.82) is 0 Å². The van der Waals surface area contributed by atoms with Crippen molar-refractivity contribution in [1.82, 2.24) is 20.4 Å². The Morgan fingerprint density at radius 1 is 1.33 bits per heavy atom. The zero-order valence-corrected chi connectivity index (χ0v) is 17.2. The van der Waals surface area contributed by atoms with Crippen LogP contribution in [0.25, 0.3) is 0 Å². The van der Waals surface area contributed by atoms with E-state index in [1.165, 1.54) is 5.56 Å². The van der Waals surface area contributed by atoms with Crippen LogP contribution in [0.15, 0.2) is 35.3 Å². The smallest absolute Gasteiger partial charge is 0.239 e. The van der Waals surface area contributed by atoms with Gasteiger partial charge in [0.25, 0.3) is 0 Å². The van der Waals surface area contributed by atoms with Crippen molar-refractivity contribution in [2.24, 2.45) is 4.99 Å². The molecule has 150 valence electrons. The van der Waals surface area contributed by atoms with E-state index < -0.39 is 0 Å². The summed E-state index contributed by atoms with van der Waals surface area (Å²) in [4.78, 5) is 21.0. The normalized spacial score (nSPS) is 19.0. The van der Waals surface area contributed by atoms with Crippen LogP contribution in [-0.4, -0.2) is 68.0 Å². The standard InChI is InChI=1S/C21H35N5O/c1-5-22-21(24-17(2)18-11-7-6-8-12-18)23-14-10-16-26-15-9-13-19(26)20(27)25(3)4/h6-8,11-12,17,19H,5,9-10,13-16H2,1-4H3,(H2,22,23,24). The van der Waals surface area contributed by atoms with Crippen LogP contribution in [0.3, 0.4) is 0 Å². The highest BCUT2D eigenvalue weighted by atomic mass is 16.2. The molecule has 1 saturated heterocycles. The topological polar surface area (TPSA) is 60.0 Å². The molecule has 2 N–H and O–H groups in total. The fourth-order valence-corrected chi connectivity index (χ4v) is 3.49. The number of hydrogen-bond donors (Lipinski definition) is 2. The van der Waals surface area contributed by atoms with Gasteiger partial charge in [-0.2, -0.15) is 0 Å². The molecule has 0 radical (unpaired) electrons. The number of hydrogen-bond acceptors (Lipinski definition) is 3. The van der Waals surface area contributed by atoms with Crippen LogP contribution >= 0.6 is 0 Å². The number of nitrogens with zero attached hydrogens (tertiary/aromatic N) is 3. The highest BCUT2D eigenvalue weighted by molar-refractivity contribution is 5.81. The number of benzene rings is 1. The van der Waals surface area contributed by atoms with Gasteiger partial charge in [0, 0.05) is 33.7 Å². The van der Waals surface area contributed by atoms with E-state index >= 15 is 0 Å². The van der Waals surface area contributed by atoms with Crippen molar-refractivity contribution in [3.63, 3.8) is 0 Å². The highest BCUT2D eigenvalue weighted by Gasteiger charge is 2.30. The summed E-state index contributed by atoms with van der Waals surface area (Å²) in [7, 11) is 3.68. The SMILES string of the molecule is CCNC(=NCCCN1CCCC1C(=O)N(C)C)NC(C)c1ccccc1. The fraction of sp³-hybridized carbons (Fsp3) is 0.619. The van der Waals surface area contributed by atoms with Gasteiger partial charge in [-0.05, 0) is 45.2 Å². The van der Waals surface area contributed by atoms with Gasteiger partial charge in [0.15, 0.2) is 5.96 Å². The number of likely N-dealkylation sites (N-methyl/N-ethyl adjacent to an activating group) is 1. The molecule has 6 nitrogen and oxygen atoms in total. The number of carbonyl (C=O) groups is 1. The molecule has 2 atom stereocenters. The lowest BCUT2D eigenvalue weighted by atomic mass is 10.1. The first-order chi connectivity index (χ1) is 13.0. The number of guanidine groups is 1. The Bertz CT molecular complexity index is 602. The zero-order valence-electron chi connectivity index (χ0n) is 17.2. The number of amides is 1. The lowest BCUT2D eigenvalue weighted by molar-refractivity contribution is -0.133. The number of nitrogens with one attached hydrogen (secondary N) is 2. The Balaban J connectivity index is 1.83. The number of aliphatic imine (C=N–C) groups is 1. The minimum absolute atomic E-state index is 0.0495. The van der Waals surface area contributed by atoms with Crippen LogP contribution in [-0.2, 0) is 4.79 Å². The minimum atomic E-state index is 0.0495. The van der Waals surface area contributed by atoms with Crippen LogP contribution in [0.5, 0.6) is 0 Å². The van der Waals surface area contributed by atoms with Gasteiger partial charge in [0.1, 0.15) is 0 Å². The molecule has 0 aliphatic carbocycles. The van der Waals surface area contributed by atoms with E-state index in [1.807, 2.05) is 20.2 Å². The Kier molecular flexibility index (Phi) is 8.58. The Hall–Kier alpha value is -2.08. The lowest BCUT2D eigenvalue weighted by Crippen LogP contribution is -2.43. The number of carbonyl (C=O) groups excluding carboxylic acids is 1. The Morgan fingerprint density at radius 3 is 2.74 bits per heavy atom. The monoisotopic (exact) mass is 373 g/mol. The number of rotatable bonds is 8. The summed E-state index contributed by atoms with van der Waals surface area (Å²) in [6.45, 7) is 7.73. The van der Waals surface area contributed by atoms with Crippen LogP contribution in [0.4, 0.5) is 0 Å². The second kappa shape index (κ2) is 10.9.